The molecule has 554 valence electrons. The topological polar surface area (TPSA) is 70.0 Å². The molecular formula is C112H74N4O2. The first-order valence-corrected chi connectivity index (χ1v) is 40.8. The SMILES string of the molecule is C1=CC2c3ccccc3C3(c4ccc(-c5cccc(C6=CC=C(c7cc(-c8ccc(-c9ccccc9)cc8)nc(-c8ccc(-c9ccc%10c(c9)C9(c%11ccccc%11O%10)c%10ccccc%10-c%10ccccc%109)cc8)n7)CC6)c5)cc4Oc4ccc(-c5ccc(-c6nc(-c7ccccc7)cc(-c7cccc(-c8ccccc8)c7)n6)cc5)cc43)C2C=C1. The molecule has 2 aromatic heterocycles. The van der Waals surface area contributed by atoms with Crippen molar-refractivity contribution < 1.29 is 9.47 Å². The van der Waals surface area contributed by atoms with E-state index in [4.69, 9.17) is 29.4 Å². The van der Waals surface area contributed by atoms with Crippen LogP contribution in [0.15, 0.2) is 413 Å². The molecule has 0 fully saturated rings. The number of rotatable bonds is 12. The molecule has 0 radical (unpaired) electrons. The maximum atomic E-state index is 7.30. The highest BCUT2D eigenvalue weighted by Crippen LogP contribution is 2.66. The summed E-state index contributed by atoms with van der Waals surface area (Å²) in [6.07, 6.45) is 15.5. The first kappa shape index (κ1) is 68.6. The van der Waals surface area contributed by atoms with E-state index in [9.17, 15) is 0 Å². The first-order valence-electron chi connectivity index (χ1n) is 40.8. The second-order valence-electron chi connectivity index (χ2n) is 31.7. The summed E-state index contributed by atoms with van der Waals surface area (Å²) in [5, 5.41) is 0. The molecule has 6 heteroatoms. The lowest BCUT2D eigenvalue weighted by Crippen LogP contribution is -2.37. The number of hydrogen-bond acceptors (Lipinski definition) is 6. The Morgan fingerprint density at radius 3 is 1.29 bits per heavy atom. The molecule has 0 N–H and O–H groups in total. The molecule has 0 bridgehead atoms. The lowest BCUT2D eigenvalue weighted by Gasteiger charge is -2.43. The van der Waals surface area contributed by atoms with Gasteiger partial charge in [-0.3, -0.25) is 0 Å². The average molecular weight is 1510 g/mol. The van der Waals surface area contributed by atoms with Crippen molar-refractivity contribution in [3.63, 3.8) is 0 Å². The molecule has 3 unspecified atom stereocenters. The van der Waals surface area contributed by atoms with Gasteiger partial charge in [-0.25, -0.2) is 19.9 Å². The minimum Gasteiger partial charge on any atom is -0.457 e. The first-order chi connectivity index (χ1) is 58.4. The molecule has 0 saturated carbocycles. The fourth-order valence-electron chi connectivity index (χ4n) is 19.7. The van der Waals surface area contributed by atoms with Crippen molar-refractivity contribution in [1.29, 1.82) is 0 Å². The molecular weight excluding hydrogens is 1430 g/mol. The van der Waals surface area contributed by atoms with Crippen LogP contribution < -0.4 is 9.47 Å². The summed E-state index contributed by atoms with van der Waals surface area (Å²) in [5.74, 6) is 5.11. The van der Waals surface area contributed by atoms with Gasteiger partial charge in [-0.05, 0) is 179 Å². The fourth-order valence-corrected chi connectivity index (χ4v) is 19.7. The molecule has 2 spiro atoms. The number of benzene rings is 15. The van der Waals surface area contributed by atoms with Crippen LogP contribution in [0.1, 0.15) is 74.5 Å². The van der Waals surface area contributed by atoms with Gasteiger partial charge in [0.25, 0.3) is 0 Å². The molecule has 15 aromatic carbocycles. The van der Waals surface area contributed by atoms with E-state index >= 15 is 0 Å². The van der Waals surface area contributed by atoms with Crippen LogP contribution in [-0.4, -0.2) is 19.9 Å². The van der Waals surface area contributed by atoms with Gasteiger partial charge >= 0.3 is 0 Å². The van der Waals surface area contributed by atoms with Crippen LogP contribution in [0.25, 0.3) is 134 Å². The number of allylic oxidation sites excluding steroid dienone is 8. The molecule has 0 saturated heterocycles. The van der Waals surface area contributed by atoms with Crippen molar-refractivity contribution in [3.05, 3.63) is 468 Å². The largest absolute Gasteiger partial charge is 0.457 e. The predicted molar refractivity (Wildman–Crippen MR) is 478 cm³/mol. The highest BCUT2D eigenvalue weighted by Gasteiger charge is 2.57. The number of para-hydroxylation sites is 1. The summed E-state index contributed by atoms with van der Waals surface area (Å²) >= 11 is 0. The normalized spacial score (nSPS) is 16.3. The molecule has 23 rings (SSSR count). The Morgan fingerprint density at radius 2 is 0.636 bits per heavy atom. The van der Waals surface area contributed by atoms with E-state index in [0.717, 1.165) is 153 Å². The minimum absolute atomic E-state index is 0.0990. The monoisotopic (exact) mass is 1510 g/mol. The van der Waals surface area contributed by atoms with E-state index < -0.39 is 10.8 Å². The van der Waals surface area contributed by atoms with Gasteiger partial charge in [-0.2, -0.15) is 0 Å². The summed E-state index contributed by atoms with van der Waals surface area (Å²) in [5.41, 5.74) is 34.6. The molecule has 6 nitrogen and oxygen atoms in total. The zero-order chi connectivity index (χ0) is 77.8. The number of hydrogen-bond donors (Lipinski definition) is 0. The van der Waals surface area contributed by atoms with Gasteiger partial charge in [0, 0.05) is 61.9 Å². The highest BCUT2D eigenvalue weighted by atomic mass is 16.5. The van der Waals surface area contributed by atoms with E-state index in [1.165, 1.54) is 61.2 Å². The smallest absolute Gasteiger partial charge is 0.160 e. The Balaban J connectivity index is 0.562. The molecule has 2 aliphatic heterocycles. The van der Waals surface area contributed by atoms with Crippen LogP contribution in [0.2, 0.25) is 0 Å². The third-order valence-corrected chi connectivity index (χ3v) is 25.3. The third kappa shape index (κ3) is 11.3. The van der Waals surface area contributed by atoms with Crippen molar-refractivity contribution in [2.75, 3.05) is 0 Å². The quantitative estimate of drug-likeness (QED) is 0.121. The van der Waals surface area contributed by atoms with E-state index in [-0.39, 0.29) is 11.8 Å². The Bertz CT molecular complexity index is 7000. The molecule has 3 atom stereocenters. The number of fused-ring (bicyclic) bond motifs is 18. The van der Waals surface area contributed by atoms with Crippen molar-refractivity contribution in [1.82, 2.24) is 19.9 Å². The van der Waals surface area contributed by atoms with E-state index in [2.05, 4.69) is 407 Å². The number of nitrogens with zero attached hydrogens (tertiary/aromatic N) is 4. The zero-order valence-corrected chi connectivity index (χ0v) is 64.4. The van der Waals surface area contributed by atoms with Crippen LogP contribution in [0, 0.1) is 5.92 Å². The van der Waals surface area contributed by atoms with Gasteiger partial charge in [-0.1, -0.05) is 352 Å². The van der Waals surface area contributed by atoms with Gasteiger partial charge in [0.15, 0.2) is 11.6 Å². The number of aromatic nitrogens is 4. The van der Waals surface area contributed by atoms with Crippen LogP contribution in [-0.2, 0) is 10.8 Å². The third-order valence-electron chi connectivity index (χ3n) is 25.3. The number of ether oxygens (including phenoxy) is 2. The standard InChI is InChI=1S/C112H74N4O2/c1-4-22-71(23-5-1)73-42-50-78(51-43-73)102-69-103(115-109(114-102)80-54-46-75(47-55-80)85-59-62-106-99(66-85)111(97-40-18-19-41-105(97)117-106)93-36-14-10-32-89(93)90-33-11-15-37-94(90)111)79-52-44-74(45-53-79)82-28-20-30-84(64-82)87-58-61-98-108(68-87)118-107-63-60-86(67-100(107)112(98)95-38-16-12-34-91(95)92-35-13-17-39-96(92)112)76-48-56-81(57-49-76)110-113-101(77-26-8-3-9-27-77)70-104(116-110)88-31-21-29-83(65-88)72-24-6-2-7-25-72/h1-44,46-52,54-70,91,95H,45,53H2. The molecule has 0 amide bonds. The maximum Gasteiger partial charge on any atom is 0.160 e. The summed E-state index contributed by atoms with van der Waals surface area (Å²) in [6, 6.07) is 136. The van der Waals surface area contributed by atoms with E-state index in [1.54, 1.807) is 0 Å². The van der Waals surface area contributed by atoms with Crippen LogP contribution >= 0.6 is 0 Å². The predicted octanol–water partition coefficient (Wildman–Crippen LogP) is 27.9. The average Bonchev–Trinajstić information content (AvgIpc) is 1.50. The lowest BCUT2D eigenvalue weighted by atomic mass is 9.61. The van der Waals surface area contributed by atoms with Gasteiger partial charge < -0.3 is 9.47 Å². The summed E-state index contributed by atoms with van der Waals surface area (Å²) in [6.45, 7) is 0. The highest BCUT2D eigenvalue weighted by molar-refractivity contribution is 5.91. The Morgan fingerprint density at radius 1 is 0.237 bits per heavy atom. The van der Waals surface area contributed by atoms with Crippen molar-refractivity contribution in [3.8, 4) is 146 Å². The van der Waals surface area contributed by atoms with Gasteiger partial charge in [0.1, 0.15) is 23.0 Å². The van der Waals surface area contributed by atoms with Crippen molar-refractivity contribution in [2.45, 2.75) is 29.6 Å². The zero-order valence-electron chi connectivity index (χ0n) is 64.4. The van der Waals surface area contributed by atoms with Crippen molar-refractivity contribution in [2.24, 2.45) is 5.92 Å². The Hall–Kier alpha value is -15.0. The van der Waals surface area contributed by atoms with Gasteiger partial charge in [-0.15, -0.1) is 0 Å². The van der Waals surface area contributed by atoms with Gasteiger partial charge in [0.05, 0.1) is 33.6 Å². The fraction of sp³-hybridized carbons (Fsp3) is 0.0536. The van der Waals surface area contributed by atoms with Crippen LogP contribution in [0.5, 0.6) is 23.0 Å². The van der Waals surface area contributed by atoms with Crippen LogP contribution in [0.3, 0.4) is 0 Å². The lowest BCUT2D eigenvalue weighted by molar-refractivity contribution is 0.374. The van der Waals surface area contributed by atoms with E-state index in [1.807, 2.05) is 6.07 Å². The van der Waals surface area contributed by atoms with E-state index in [0.29, 0.717) is 11.6 Å². The summed E-state index contributed by atoms with van der Waals surface area (Å²) in [4.78, 5) is 21.4. The van der Waals surface area contributed by atoms with Crippen molar-refractivity contribution >= 4 is 11.1 Å². The summed E-state index contributed by atoms with van der Waals surface area (Å²) < 4.78 is 14.1. The molecule has 6 aliphatic rings. The minimum atomic E-state index is -0.559. The van der Waals surface area contributed by atoms with Crippen LogP contribution in [0.4, 0.5) is 0 Å². The molecule has 4 heterocycles. The molecule has 118 heavy (non-hydrogen) atoms. The maximum absolute atomic E-state index is 7.30. The second-order valence-corrected chi connectivity index (χ2v) is 31.7. The second kappa shape index (κ2) is 27.9. The Labute approximate surface area is 686 Å². The van der Waals surface area contributed by atoms with Gasteiger partial charge in [0.2, 0.25) is 0 Å². The molecule has 17 aromatic rings. The molecule has 4 aliphatic carbocycles. The Kier molecular flexibility index (Phi) is 16.2. The summed E-state index contributed by atoms with van der Waals surface area (Å²) in [7, 11) is 0.